The summed E-state index contributed by atoms with van der Waals surface area (Å²) in [4.78, 5) is 29.0. The molecule has 0 aliphatic carbocycles. The second kappa shape index (κ2) is 8.95. The summed E-state index contributed by atoms with van der Waals surface area (Å²) in [6, 6.07) is 12.5. The Morgan fingerprint density at radius 2 is 1.74 bits per heavy atom. The first-order chi connectivity index (χ1) is 14.6. The van der Waals surface area contributed by atoms with Crippen molar-refractivity contribution in [2.45, 2.75) is 6.18 Å². The number of amides is 2. The number of pyridine rings is 1. The van der Waals surface area contributed by atoms with Crippen LogP contribution in [-0.4, -0.2) is 29.5 Å². The second-order valence-electron chi connectivity index (χ2n) is 6.44. The average Bonchev–Trinajstić information content (AvgIpc) is 2.72. The van der Waals surface area contributed by atoms with E-state index in [9.17, 15) is 22.8 Å². The molecule has 0 saturated heterocycles. The molecule has 1 heterocycles. The second-order valence-corrected chi connectivity index (χ2v) is 7.26. The van der Waals surface area contributed by atoms with Crippen LogP contribution in [0, 0.1) is 0 Å². The van der Waals surface area contributed by atoms with Crippen LogP contribution in [0.5, 0.6) is 0 Å². The number of halogens is 5. The quantitative estimate of drug-likeness (QED) is 0.548. The molecule has 1 aromatic heterocycles. The Balaban J connectivity index is 2.08. The van der Waals surface area contributed by atoms with E-state index < -0.39 is 24.5 Å². The van der Waals surface area contributed by atoms with Gasteiger partial charge in [-0.2, -0.15) is 13.2 Å². The van der Waals surface area contributed by atoms with Crippen molar-refractivity contribution in [1.29, 1.82) is 0 Å². The zero-order chi connectivity index (χ0) is 22.8. The van der Waals surface area contributed by atoms with Gasteiger partial charge in [0, 0.05) is 23.0 Å². The number of benzene rings is 2. The number of anilines is 1. The largest absolute Gasteiger partial charge is 0.406 e. The van der Waals surface area contributed by atoms with Crippen LogP contribution in [-0.2, 0) is 0 Å². The molecule has 5 nitrogen and oxygen atoms in total. The highest BCUT2D eigenvalue weighted by Gasteiger charge is 2.35. The first-order valence-electron chi connectivity index (χ1n) is 8.76. The van der Waals surface area contributed by atoms with E-state index >= 15 is 0 Å². The molecule has 0 bridgehead atoms. The summed E-state index contributed by atoms with van der Waals surface area (Å²) in [5.74, 6) is -1.79. The minimum atomic E-state index is -4.69. The van der Waals surface area contributed by atoms with Crippen LogP contribution in [0.25, 0.3) is 11.3 Å². The Morgan fingerprint density at radius 1 is 1.00 bits per heavy atom. The molecule has 2 aromatic carbocycles. The molecular weight excluding hydrogens is 454 g/mol. The monoisotopic (exact) mass is 467 g/mol. The number of alkyl halides is 3. The molecule has 160 valence electrons. The van der Waals surface area contributed by atoms with Gasteiger partial charge in [-0.15, -0.1) is 0 Å². The minimum Gasteiger partial charge on any atom is -0.366 e. The Kier molecular flexibility index (Phi) is 6.52. The molecule has 3 rings (SSSR count). The molecule has 3 aromatic rings. The summed E-state index contributed by atoms with van der Waals surface area (Å²) in [5, 5.41) is 0.0538. The lowest BCUT2D eigenvalue weighted by Gasteiger charge is -2.25. The van der Waals surface area contributed by atoms with E-state index in [4.69, 9.17) is 28.9 Å². The van der Waals surface area contributed by atoms with Crippen molar-refractivity contribution in [1.82, 2.24) is 4.98 Å². The van der Waals surface area contributed by atoms with Crippen LogP contribution in [0.1, 0.15) is 20.7 Å². The van der Waals surface area contributed by atoms with Crippen LogP contribution in [0.4, 0.5) is 18.9 Å². The number of carbonyl (C=O) groups excluding carboxylic acids is 2. The Hall–Kier alpha value is -3.10. The number of nitrogens with two attached hydrogens (primary N) is 1. The van der Waals surface area contributed by atoms with Crippen molar-refractivity contribution in [3.8, 4) is 11.3 Å². The molecule has 0 radical (unpaired) electrons. The average molecular weight is 468 g/mol. The molecule has 31 heavy (non-hydrogen) atoms. The number of hydrogen-bond donors (Lipinski definition) is 1. The topological polar surface area (TPSA) is 76.3 Å². The zero-order valence-corrected chi connectivity index (χ0v) is 17.2. The van der Waals surface area contributed by atoms with Gasteiger partial charge in [-0.05, 0) is 48.5 Å². The zero-order valence-electron chi connectivity index (χ0n) is 15.7. The third kappa shape index (κ3) is 5.34. The molecule has 0 fully saturated rings. The lowest BCUT2D eigenvalue weighted by molar-refractivity contribution is -0.118. The number of rotatable bonds is 5. The van der Waals surface area contributed by atoms with Gasteiger partial charge in [0.05, 0.1) is 21.3 Å². The summed E-state index contributed by atoms with van der Waals surface area (Å²) < 4.78 is 39.9. The maximum Gasteiger partial charge on any atom is 0.406 e. The lowest BCUT2D eigenvalue weighted by atomic mass is 10.1. The summed E-state index contributed by atoms with van der Waals surface area (Å²) in [6.45, 7) is -1.57. The number of hydrogen-bond acceptors (Lipinski definition) is 3. The SMILES string of the molecule is NC(=O)c1ccc(C(=O)N(CC(F)(F)F)c2ccc(Cl)c(-c3ccccn3)c2)c(Cl)c1. The Labute approximate surface area is 185 Å². The first-order valence-corrected chi connectivity index (χ1v) is 9.51. The van der Waals surface area contributed by atoms with Gasteiger partial charge in [-0.25, -0.2) is 0 Å². The fourth-order valence-corrected chi connectivity index (χ4v) is 3.32. The highest BCUT2D eigenvalue weighted by molar-refractivity contribution is 6.35. The van der Waals surface area contributed by atoms with Crippen LogP contribution in [0.15, 0.2) is 60.8 Å². The molecule has 0 aliphatic rings. The predicted octanol–water partition coefficient (Wildman–Crippen LogP) is 5.36. The van der Waals surface area contributed by atoms with Crippen molar-refractivity contribution in [2.75, 3.05) is 11.4 Å². The van der Waals surface area contributed by atoms with Crippen LogP contribution in [0.3, 0.4) is 0 Å². The Morgan fingerprint density at radius 3 is 2.32 bits per heavy atom. The summed E-state index contributed by atoms with van der Waals surface area (Å²) in [7, 11) is 0. The van der Waals surface area contributed by atoms with Gasteiger partial charge in [-0.3, -0.25) is 19.5 Å². The fourth-order valence-electron chi connectivity index (χ4n) is 2.85. The summed E-state index contributed by atoms with van der Waals surface area (Å²) in [6.07, 6.45) is -3.18. The third-order valence-electron chi connectivity index (χ3n) is 4.27. The molecule has 10 heteroatoms. The standard InChI is InChI=1S/C21H14Cl2F3N3O2/c22-16-7-5-13(10-15(16)18-3-1-2-8-28-18)29(11-21(24,25)26)20(31)14-6-4-12(19(27)30)9-17(14)23/h1-10H,11H2,(H2,27,30). The maximum absolute atomic E-state index is 13.3. The van der Waals surface area contributed by atoms with Crippen molar-refractivity contribution in [3.63, 3.8) is 0 Å². The molecule has 0 unspecified atom stereocenters. The smallest absolute Gasteiger partial charge is 0.366 e. The molecule has 2 N–H and O–H groups in total. The number of primary amides is 1. The molecule has 0 spiro atoms. The van der Waals surface area contributed by atoms with Crippen molar-refractivity contribution < 1.29 is 22.8 Å². The highest BCUT2D eigenvalue weighted by Crippen LogP contribution is 2.33. The van der Waals surface area contributed by atoms with E-state index in [1.165, 1.54) is 30.5 Å². The third-order valence-corrected chi connectivity index (χ3v) is 4.91. The van der Waals surface area contributed by atoms with E-state index in [-0.39, 0.29) is 26.9 Å². The molecule has 2 amide bonds. The van der Waals surface area contributed by atoms with Crippen LogP contribution < -0.4 is 10.6 Å². The number of aromatic nitrogens is 1. The summed E-state index contributed by atoms with van der Waals surface area (Å²) >= 11 is 12.3. The van der Waals surface area contributed by atoms with Gasteiger partial charge in [-0.1, -0.05) is 29.3 Å². The fraction of sp³-hybridized carbons (Fsp3) is 0.0952. The predicted molar refractivity (Wildman–Crippen MR) is 112 cm³/mol. The van der Waals surface area contributed by atoms with E-state index in [1.54, 1.807) is 18.2 Å². The van der Waals surface area contributed by atoms with Gasteiger partial charge >= 0.3 is 6.18 Å². The summed E-state index contributed by atoms with van der Waals surface area (Å²) in [5.41, 5.74) is 5.70. The van der Waals surface area contributed by atoms with E-state index in [0.717, 1.165) is 12.1 Å². The van der Waals surface area contributed by atoms with Gasteiger partial charge in [0.25, 0.3) is 5.91 Å². The highest BCUT2D eigenvalue weighted by atomic mass is 35.5. The van der Waals surface area contributed by atoms with Gasteiger partial charge in [0.15, 0.2) is 0 Å². The van der Waals surface area contributed by atoms with E-state index in [2.05, 4.69) is 4.98 Å². The molecular formula is C21H14Cl2F3N3O2. The first kappa shape index (κ1) is 22.6. The maximum atomic E-state index is 13.3. The Bertz CT molecular complexity index is 1140. The van der Waals surface area contributed by atoms with E-state index in [0.29, 0.717) is 16.2 Å². The van der Waals surface area contributed by atoms with Crippen molar-refractivity contribution in [2.24, 2.45) is 5.73 Å². The van der Waals surface area contributed by atoms with Crippen LogP contribution >= 0.6 is 23.2 Å². The van der Waals surface area contributed by atoms with Crippen molar-refractivity contribution in [3.05, 3.63) is 82.0 Å². The van der Waals surface area contributed by atoms with Gasteiger partial charge < -0.3 is 5.73 Å². The number of carbonyl (C=O) groups is 2. The van der Waals surface area contributed by atoms with Crippen LogP contribution in [0.2, 0.25) is 10.0 Å². The van der Waals surface area contributed by atoms with Gasteiger partial charge in [0.2, 0.25) is 5.91 Å². The van der Waals surface area contributed by atoms with E-state index in [1.807, 2.05) is 0 Å². The number of nitrogens with zero attached hydrogens (tertiary/aromatic N) is 2. The minimum absolute atomic E-state index is 0.0212. The molecule has 0 saturated carbocycles. The lowest BCUT2D eigenvalue weighted by Crippen LogP contribution is -2.39. The van der Waals surface area contributed by atoms with Crippen molar-refractivity contribution >= 4 is 40.7 Å². The van der Waals surface area contributed by atoms with Gasteiger partial charge in [0.1, 0.15) is 6.54 Å². The molecule has 0 atom stereocenters. The normalized spacial score (nSPS) is 11.3. The molecule has 0 aliphatic heterocycles.